The van der Waals surface area contributed by atoms with Gasteiger partial charge in [-0.15, -0.1) is 11.3 Å². The lowest BCUT2D eigenvalue weighted by Crippen LogP contribution is -2.22. The first-order valence-corrected chi connectivity index (χ1v) is 7.92. The molecule has 1 aromatic heterocycles. The van der Waals surface area contributed by atoms with Crippen LogP contribution in [-0.2, 0) is 19.4 Å². The predicted octanol–water partition coefficient (Wildman–Crippen LogP) is 3.03. The van der Waals surface area contributed by atoms with Crippen LogP contribution in [0.5, 0.6) is 5.75 Å². The van der Waals surface area contributed by atoms with E-state index in [1.165, 1.54) is 26.7 Å². The van der Waals surface area contributed by atoms with Crippen LogP contribution in [0, 0.1) is 13.8 Å². The Balaban J connectivity index is 1.57. The Labute approximate surface area is 124 Å². The molecule has 0 aliphatic carbocycles. The van der Waals surface area contributed by atoms with Crippen LogP contribution in [0.25, 0.3) is 0 Å². The summed E-state index contributed by atoms with van der Waals surface area (Å²) in [6, 6.07) is 6.25. The quantitative estimate of drug-likeness (QED) is 0.939. The maximum Gasteiger partial charge on any atom is 0.119 e. The van der Waals surface area contributed by atoms with Gasteiger partial charge >= 0.3 is 0 Å². The Bertz CT molecular complexity index is 583. The fourth-order valence-electron chi connectivity index (χ4n) is 2.35. The number of aryl methyl sites for hydroxylation is 2. The molecule has 1 aliphatic rings. The van der Waals surface area contributed by atoms with Crippen molar-refractivity contribution in [2.45, 2.75) is 33.2 Å². The smallest absolute Gasteiger partial charge is 0.119 e. The third-order valence-corrected chi connectivity index (χ3v) is 4.87. The van der Waals surface area contributed by atoms with E-state index in [1.807, 2.05) is 17.4 Å². The maximum atomic E-state index is 5.83. The Kier molecular flexibility index (Phi) is 4.03. The molecule has 0 amide bonds. The fourth-order valence-corrected chi connectivity index (χ4v) is 3.41. The molecule has 3 nitrogen and oxygen atoms in total. The van der Waals surface area contributed by atoms with Crippen molar-refractivity contribution in [3.05, 3.63) is 44.9 Å². The van der Waals surface area contributed by atoms with Gasteiger partial charge in [0.05, 0.1) is 17.3 Å². The number of rotatable bonds is 4. The number of nitrogens with one attached hydrogen (secondary N) is 1. The van der Waals surface area contributed by atoms with Gasteiger partial charge in [0, 0.05) is 30.8 Å². The third kappa shape index (κ3) is 3.02. The summed E-state index contributed by atoms with van der Waals surface area (Å²) in [5.41, 5.74) is 3.87. The van der Waals surface area contributed by atoms with Crippen LogP contribution < -0.4 is 10.1 Å². The molecule has 2 heterocycles. The molecule has 0 bridgehead atoms. The number of thiazole rings is 1. The average molecular weight is 288 g/mol. The standard InChI is InChI=1S/C16H20N2OS/c1-11-3-4-13(9-12(11)2)19-8-6-16-18-14-5-7-17-10-15(14)20-16/h3-4,9,17H,5-8,10H2,1-2H3. The molecule has 4 heteroatoms. The second kappa shape index (κ2) is 5.94. The average Bonchev–Trinajstić information content (AvgIpc) is 2.85. The predicted molar refractivity (Wildman–Crippen MR) is 82.6 cm³/mol. The molecule has 2 aromatic rings. The van der Waals surface area contributed by atoms with Gasteiger partial charge in [-0.1, -0.05) is 6.07 Å². The van der Waals surface area contributed by atoms with Crippen molar-refractivity contribution in [2.75, 3.05) is 13.2 Å². The van der Waals surface area contributed by atoms with Crippen molar-refractivity contribution in [3.8, 4) is 5.75 Å². The number of benzene rings is 1. The zero-order valence-electron chi connectivity index (χ0n) is 12.0. The topological polar surface area (TPSA) is 34.1 Å². The lowest BCUT2D eigenvalue weighted by molar-refractivity contribution is 0.321. The summed E-state index contributed by atoms with van der Waals surface area (Å²) in [5, 5.41) is 4.58. The normalized spacial score (nSPS) is 14.1. The molecule has 1 N–H and O–H groups in total. The molecule has 0 saturated heterocycles. The Hall–Kier alpha value is -1.39. The number of ether oxygens (including phenoxy) is 1. The third-order valence-electron chi connectivity index (χ3n) is 3.71. The van der Waals surface area contributed by atoms with Crippen molar-refractivity contribution >= 4 is 11.3 Å². The molecule has 0 fully saturated rings. The van der Waals surface area contributed by atoms with Crippen LogP contribution in [-0.4, -0.2) is 18.1 Å². The largest absolute Gasteiger partial charge is 0.493 e. The molecule has 0 spiro atoms. The van der Waals surface area contributed by atoms with Gasteiger partial charge in [-0.2, -0.15) is 0 Å². The number of hydrogen-bond donors (Lipinski definition) is 1. The molecule has 0 saturated carbocycles. The van der Waals surface area contributed by atoms with Gasteiger partial charge in [0.25, 0.3) is 0 Å². The molecule has 20 heavy (non-hydrogen) atoms. The van der Waals surface area contributed by atoms with Crippen molar-refractivity contribution < 1.29 is 4.74 Å². The highest BCUT2D eigenvalue weighted by atomic mass is 32.1. The van der Waals surface area contributed by atoms with E-state index in [4.69, 9.17) is 9.72 Å². The molecular formula is C16H20N2OS. The van der Waals surface area contributed by atoms with Crippen LogP contribution in [0.4, 0.5) is 0 Å². The zero-order valence-corrected chi connectivity index (χ0v) is 12.8. The van der Waals surface area contributed by atoms with Crippen LogP contribution >= 0.6 is 11.3 Å². The first-order chi connectivity index (χ1) is 9.72. The number of fused-ring (bicyclic) bond motifs is 1. The van der Waals surface area contributed by atoms with E-state index in [9.17, 15) is 0 Å². The summed E-state index contributed by atoms with van der Waals surface area (Å²) in [4.78, 5) is 6.11. The SMILES string of the molecule is Cc1ccc(OCCc2nc3c(s2)CNCC3)cc1C. The van der Waals surface area contributed by atoms with E-state index in [0.717, 1.165) is 31.7 Å². The first kappa shape index (κ1) is 13.6. The second-order valence-electron chi connectivity index (χ2n) is 5.25. The molecule has 1 aliphatic heterocycles. The molecule has 0 atom stereocenters. The van der Waals surface area contributed by atoms with E-state index in [-0.39, 0.29) is 0 Å². The van der Waals surface area contributed by atoms with Crippen LogP contribution in [0.15, 0.2) is 18.2 Å². The van der Waals surface area contributed by atoms with Crippen molar-refractivity contribution in [1.29, 1.82) is 0 Å². The van der Waals surface area contributed by atoms with Crippen molar-refractivity contribution in [1.82, 2.24) is 10.3 Å². The van der Waals surface area contributed by atoms with E-state index in [0.29, 0.717) is 6.61 Å². The summed E-state index contributed by atoms with van der Waals surface area (Å²) in [5.74, 6) is 0.955. The zero-order chi connectivity index (χ0) is 13.9. The number of aromatic nitrogens is 1. The minimum atomic E-state index is 0.697. The van der Waals surface area contributed by atoms with Gasteiger partial charge in [0.2, 0.25) is 0 Å². The van der Waals surface area contributed by atoms with E-state index in [1.54, 1.807) is 0 Å². The Morgan fingerprint density at radius 1 is 1.30 bits per heavy atom. The highest BCUT2D eigenvalue weighted by molar-refractivity contribution is 7.11. The fraction of sp³-hybridized carbons (Fsp3) is 0.438. The van der Waals surface area contributed by atoms with Crippen molar-refractivity contribution in [3.63, 3.8) is 0 Å². The van der Waals surface area contributed by atoms with E-state index in [2.05, 4.69) is 31.3 Å². The first-order valence-electron chi connectivity index (χ1n) is 7.10. The second-order valence-corrected chi connectivity index (χ2v) is 6.42. The lowest BCUT2D eigenvalue weighted by atomic mass is 10.1. The summed E-state index contributed by atoms with van der Waals surface area (Å²) < 4.78 is 5.83. The highest BCUT2D eigenvalue weighted by Crippen LogP contribution is 2.22. The molecular weight excluding hydrogens is 268 g/mol. The molecule has 0 radical (unpaired) electrons. The van der Waals surface area contributed by atoms with Crippen LogP contribution in [0.1, 0.15) is 26.7 Å². The van der Waals surface area contributed by atoms with Gasteiger partial charge in [-0.25, -0.2) is 4.98 Å². The summed E-state index contributed by atoms with van der Waals surface area (Å²) in [6.45, 7) is 6.96. The number of hydrogen-bond acceptors (Lipinski definition) is 4. The molecule has 1 aromatic carbocycles. The molecule has 0 unspecified atom stereocenters. The molecule has 3 rings (SSSR count). The highest BCUT2D eigenvalue weighted by Gasteiger charge is 2.14. The summed E-state index contributed by atoms with van der Waals surface area (Å²) in [6.07, 6.45) is 1.95. The van der Waals surface area contributed by atoms with Crippen molar-refractivity contribution in [2.24, 2.45) is 0 Å². The van der Waals surface area contributed by atoms with Crippen LogP contribution in [0.3, 0.4) is 0 Å². The minimum Gasteiger partial charge on any atom is -0.493 e. The Morgan fingerprint density at radius 2 is 2.20 bits per heavy atom. The van der Waals surface area contributed by atoms with Gasteiger partial charge in [0.15, 0.2) is 0 Å². The summed E-state index contributed by atoms with van der Waals surface area (Å²) in [7, 11) is 0. The van der Waals surface area contributed by atoms with Crippen LogP contribution in [0.2, 0.25) is 0 Å². The van der Waals surface area contributed by atoms with Gasteiger partial charge in [-0.05, 0) is 37.1 Å². The monoisotopic (exact) mass is 288 g/mol. The number of nitrogens with zero attached hydrogens (tertiary/aromatic N) is 1. The molecule has 106 valence electrons. The Morgan fingerprint density at radius 3 is 3.00 bits per heavy atom. The van der Waals surface area contributed by atoms with E-state index < -0.39 is 0 Å². The van der Waals surface area contributed by atoms with Gasteiger partial charge in [-0.3, -0.25) is 0 Å². The van der Waals surface area contributed by atoms with Gasteiger partial charge in [0.1, 0.15) is 5.75 Å². The van der Waals surface area contributed by atoms with Gasteiger partial charge < -0.3 is 10.1 Å². The van der Waals surface area contributed by atoms with E-state index >= 15 is 0 Å². The lowest BCUT2D eigenvalue weighted by Gasteiger charge is -2.09. The summed E-state index contributed by atoms with van der Waals surface area (Å²) >= 11 is 1.82. The maximum absolute atomic E-state index is 5.83. The minimum absolute atomic E-state index is 0.697.